The van der Waals surface area contributed by atoms with Gasteiger partial charge in [0, 0.05) is 31.6 Å². The van der Waals surface area contributed by atoms with E-state index in [2.05, 4.69) is 33.0 Å². The number of halogens is 1. The summed E-state index contributed by atoms with van der Waals surface area (Å²) in [5.74, 6) is 1.55. The molecule has 2 aromatic carbocycles. The van der Waals surface area contributed by atoms with Crippen molar-refractivity contribution in [2.45, 2.75) is 19.9 Å². The van der Waals surface area contributed by atoms with Crippen molar-refractivity contribution in [1.29, 1.82) is 0 Å². The van der Waals surface area contributed by atoms with Crippen molar-refractivity contribution in [2.75, 3.05) is 26.8 Å². The fourth-order valence-corrected chi connectivity index (χ4v) is 3.81. The Balaban J connectivity index is 1.82. The largest absolute Gasteiger partial charge is 0.493 e. The van der Waals surface area contributed by atoms with Gasteiger partial charge in [0.25, 0.3) is 0 Å². The molecule has 0 radical (unpaired) electrons. The monoisotopic (exact) mass is 429 g/mol. The zero-order chi connectivity index (χ0) is 19.2. The van der Waals surface area contributed by atoms with Crippen molar-refractivity contribution < 1.29 is 14.3 Å². The Kier molecular flexibility index (Phi) is 6.69. The molecule has 0 aliphatic carbocycles. The number of hydrogen-bond donors (Lipinski definition) is 0. The Morgan fingerprint density at radius 1 is 1.22 bits per heavy atom. The maximum atomic E-state index is 12.4. The molecule has 0 spiro atoms. The molecule has 1 saturated heterocycles. The molecule has 0 aromatic heterocycles. The van der Waals surface area contributed by atoms with Crippen LogP contribution >= 0.6 is 15.9 Å². The number of ether oxygens (including phenoxy) is 2. The molecule has 1 fully saturated rings. The van der Waals surface area contributed by atoms with E-state index in [0.29, 0.717) is 31.1 Å². The summed E-state index contributed by atoms with van der Waals surface area (Å²) in [4.78, 5) is 14.8. The van der Waals surface area contributed by atoms with Gasteiger partial charge in [-0.05, 0) is 52.2 Å². The van der Waals surface area contributed by atoms with E-state index in [4.69, 9.17) is 9.47 Å². The van der Waals surface area contributed by atoms with Crippen molar-refractivity contribution in [2.24, 2.45) is 0 Å². The second-order valence-electron chi connectivity index (χ2n) is 6.51. The van der Waals surface area contributed by atoms with Crippen molar-refractivity contribution in [3.05, 3.63) is 63.6 Å². The van der Waals surface area contributed by atoms with E-state index < -0.39 is 0 Å². The number of rotatable bonds is 6. The molecule has 0 saturated carbocycles. The van der Waals surface area contributed by atoms with Gasteiger partial charge in [-0.25, -0.2) is 0 Å². The summed E-state index contributed by atoms with van der Waals surface area (Å²) >= 11 is 3.55. The fourth-order valence-electron chi connectivity index (χ4n) is 3.24. The normalized spacial score (nSPS) is 16.6. The number of benzene rings is 2. The van der Waals surface area contributed by atoms with Crippen molar-refractivity contribution in [1.82, 2.24) is 4.90 Å². The first-order valence-corrected chi connectivity index (χ1v) is 9.90. The van der Waals surface area contributed by atoms with Crippen molar-refractivity contribution >= 4 is 27.8 Å². The standard InChI is InChI=1S/C22H24BrNO3/c1-3-27-22-19(23)12-17(13-21(22)26-2)11-18-15-24(10-9-20(18)25)14-16-7-5-4-6-8-16/h4-8,11-13H,3,9-10,14-15H2,1-2H3/b18-11+. The van der Waals surface area contributed by atoms with E-state index in [9.17, 15) is 4.79 Å². The third-order valence-electron chi connectivity index (χ3n) is 4.54. The summed E-state index contributed by atoms with van der Waals surface area (Å²) in [6, 6.07) is 14.2. The second kappa shape index (κ2) is 9.20. The highest BCUT2D eigenvalue weighted by molar-refractivity contribution is 9.10. The van der Waals surface area contributed by atoms with Gasteiger partial charge >= 0.3 is 0 Å². The highest BCUT2D eigenvalue weighted by Gasteiger charge is 2.22. The van der Waals surface area contributed by atoms with E-state index in [-0.39, 0.29) is 5.78 Å². The van der Waals surface area contributed by atoms with Crippen molar-refractivity contribution in [3.63, 3.8) is 0 Å². The number of carbonyl (C=O) groups is 1. The third kappa shape index (κ3) is 4.99. The highest BCUT2D eigenvalue weighted by atomic mass is 79.9. The van der Waals surface area contributed by atoms with E-state index >= 15 is 0 Å². The molecule has 142 valence electrons. The number of Topliss-reactive ketones (excluding diaryl/α,β-unsaturated/α-hetero) is 1. The summed E-state index contributed by atoms with van der Waals surface area (Å²) < 4.78 is 11.9. The topological polar surface area (TPSA) is 38.8 Å². The summed E-state index contributed by atoms with van der Waals surface area (Å²) in [7, 11) is 1.62. The quantitative estimate of drug-likeness (QED) is 0.622. The predicted octanol–water partition coefficient (Wildman–Crippen LogP) is 4.71. The molecule has 4 nitrogen and oxygen atoms in total. The summed E-state index contributed by atoms with van der Waals surface area (Å²) in [5.41, 5.74) is 3.01. The maximum absolute atomic E-state index is 12.4. The molecule has 0 unspecified atom stereocenters. The molecule has 1 aliphatic heterocycles. The molecule has 3 rings (SSSR count). The Hall–Kier alpha value is -2.11. The van der Waals surface area contributed by atoms with Gasteiger partial charge in [0.15, 0.2) is 17.3 Å². The van der Waals surface area contributed by atoms with Gasteiger partial charge in [0.2, 0.25) is 0 Å². The number of methoxy groups -OCH3 is 1. The number of ketones is 1. The second-order valence-corrected chi connectivity index (χ2v) is 7.36. The Morgan fingerprint density at radius 3 is 2.70 bits per heavy atom. The summed E-state index contributed by atoms with van der Waals surface area (Å²) in [6.07, 6.45) is 2.51. The first-order valence-electron chi connectivity index (χ1n) is 9.11. The SMILES string of the molecule is CCOc1c(Br)cc(/C=C2\CN(Cc3ccccc3)CCC2=O)cc1OC. The van der Waals surface area contributed by atoms with Crippen LogP contribution in [0, 0.1) is 0 Å². The average molecular weight is 430 g/mol. The van der Waals surface area contributed by atoms with Crippen LogP contribution in [-0.2, 0) is 11.3 Å². The zero-order valence-corrected chi connectivity index (χ0v) is 17.3. The molecular formula is C22H24BrNO3. The minimum atomic E-state index is 0.211. The zero-order valence-electron chi connectivity index (χ0n) is 15.7. The molecule has 0 N–H and O–H groups in total. The van der Waals surface area contributed by atoms with Gasteiger partial charge in [-0.2, -0.15) is 0 Å². The molecule has 0 bridgehead atoms. The lowest BCUT2D eigenvalue weighted by atomic mass is 9.99. The van der Waals surface area contributed by atoms with Crippen LogP contribution in [0.2, 0.25) is 0 Å². The van der Waals surface area contributed by atoms with Crippen LogP contribution in [0.5, 0.6) is 11.5 Å². The van der Waals surface area contributed by atoms with Crippen LogP contribution < -0.4 is 9.47 Å². The lowest BCUT2D eigenvalue weighted by Gasteiger charge is -2.28. The van der Waals surface area contributed by atoms with Gasteiger partial charge < -0.3 is 9.47 Å². The van der Waals surface area contributed by atoms with Crippen LogP contribution in [0.15, 0.2) is 52.5 Å². The minimum Gasteiger partial charge on any atom is -0.493 e. The molecule has 27 heavy (non-hydrogen) atoms. The molecule has 2 aromatic rings. The van der Waals surface area contributed by atoms with Crippen LogP contribution in [0.25, 0.3) is 6.08 Å². The van der Waals surface area contributed by atoms with E-state index in [1.807, 2.05) is 43.3 Å². The van der Waals surface area contributed by atoms with Gasteiger partial charge in [0.1, 0.15) is 0 Å². The van der Waals surface area contributed by atoms with E-state index in [1.165, 1.54) is 5.56 Å². The number of piperidine rings is 1. The lowest BCUT2D eigenvalue weighted by Crippen LogP contribution is -2.35. The summed E-state index contributed by atoms with van der Waals surface area (Å²) in [5, 5.41) is 0. The van der Waals surface area contributed by atoms with E-state index in [0.717, 1.165) is 28.7 Å². The first-order chi connectivity index (χ1) is 13.1. The first kappa shape index (κ1) is 19.6. The fraction of sp³-hybridized carbons (Fsp3) is 0.318. The number of hydrogen-bond acceptors (Lipinski definition) is 4. The summed E-state index contributed by atoms with van der Waals surface area (Å²) in [6.45, 7) is 4.79. The molecule has 1 aliphatic rings. The molecule has 0 atom stereocenters. The number of carbonyl (C=O) groups excluding carboxylic acids is 1. The van der Waals surface area contributed by atoms with Crippen molar-refractivity contribution in [3.8, 4) is 11.5 Å². The van der Waals surface area contributed by atoms with Gasteiger partial charge in [-0.1, -0.05) is 30.3 Å². The van der Waals surface area contributed by atoms with Gasteiger partial charge in [-0.15, -0.1) is 0 Å². The minimum absolute atomic E-state index is 0.211. The maximum Gasteiger partial charge on any atom is 0.175 e. The van der Waals surface area contributed by atoms with Crippen LogP contribution in [-0.4, -0.2) is 37.5 Å². The Bertz CT molecular complexity index is 833. The van der Waals surface area contributed by atoms with Gasteiger partial charge in [-0.3, -0.25) is 9.69 Å². The lowest BCUT2D eigenvalue weighted by molar-refractivity contribution is -0.117. The van der Waals surface area contributed by atoms with Crippen LogP contribution in [0.3, 0.4) is 0 Å². The molecule has 0 amide bonds. The van der Waals surface area contributed by atoms with Crippen LogP contribution in [0.4, 0.5) is 0 Å². The Labute approximate surface area is 168 Å². The predicted molar refractivity (Wildman–Crippen MR) is 111 cm³/mol. The van der Waals surface area contributed by atoms with E-state index in [1.54, 1.807) is 7.11 Å². The average Bonchev–Trinajstić information content (AvgIpc) is 2.67. The Morgan fingerprint density at radius 2 is 2.00 bits per heavy atom. The van der Waals surface area contributed by atoms with Gasteiger partial charge in [0.05, 0.1) is 18.2 Å². The van der Waals surface area contributed by atoms with Crippen LogP contribution in [0.1, 0.15) is 24.5 Å². The smallest absolute Gasteiger partial charge is 0.175 e. The number of nitrogens with zero attached hydrogens (tertiary/aromatic N) is 1. The molecular weight excluding hydrogens is 406 g/mol. The molecule has 5 heteroatoms. The highest BCUT2D eigenvalue weighted by Crippen LogP contribution is 2.37. The number of likely N-dealkylation sites (tertiary alicyclic amines) is 1. The third-order valence-corrected chi connectivity index (χ3v) is 5.13. The molecule has 1 heterocycles.